The number of hydrogen-bond acceptors (Lipinski definition) is 4. The molecule has 0 spiro atoms. The third-order valence-electron chi connectivity index (χ3n) is 5.19. The molecule has 1 aromatic heterocycles. The van der Waals surface area contributed by atoms with Crippen LogP contribution in [-0.4, -0.2) is 22.2 Å². The molecule has 0 saturated carbocycles. The lowest BCUT2D eigenvalue weighted by molar-refractivity contribution is 0.242. The Hall–Kier alpha value is -3.53. The summed E-state index contributed by atoms with van der Waals surface area (Å²) in [5, 5.41) is 4.64. The van der Waals surface area contributed by atoms with Crippen LogP contribution < -0.4 is 10.1 Å². The summed E-state index contributed by atoms with van der Waals surface area (Å²) in [4.78, 5) is 6.86. The minimum atomic E-state index is 0.0931. The highest BCUT2D eigenvalue weighted by atomic mass is 16.5. The Morgan fingerprint density at radius 3 is 2.69 bits per heavy atom. The van der Waals surface area contributed by atoms with E-state index in [4.69, 9.17) is 4.74 Å². The van der Waals surface area contributed by atoms with Crippen molar-refractivity contribution in [1.29, 1.82) is 0 Å². The largest absolute Gasteiger partial charge is 0.491 e. The predicted molar refractivity (Wildman–Crippen MR) is 118 cm³/mol. The molecule has 0 radical (unpaired) electrons. The molecular formula is C25H23N3O. The molecule has 29 heavy (non-hydrogen) atoms. The third-order valence-corrected chi connectivity index (χ3v) is 5.19. The third kappa shape index (κ3) is 3.27. The molecule has 0 amide bonds. The molecule has 0 aliphatic carbocycles. The number of pyridine rings is 1. The van der Waals surface area contributed by atoms with E-state index in [1.54, 1.807) is 0 Å². The second-order valence-electron chi connectivity index (χ2n) is 7.56. The second kappa shape index (κ2) is 7.13. The zero-order valence-electron chi connectivity index (χ0n) is 16.5. The molecule has 2 aliphatic heterocycles. The predicted octanol–water partition coefficient (Wildman–Crippen LogP) is 5.16. The first-order valence-corrected chi connectivity index (χ1v) is 9.95. The lowest BCUT2D eigenvalue weighted by Gasteiger charge is -2.28. The van der Waals surface area contributed by atoms with Crippen LogP contribution >= 0.6 is 0 Å². The second-order valence-corrected chi connectivity index (χ2v) is 7.56. The summed E-state index contributed by atoms with van der Waals surface area (Å²) in [6, 6.07) is 18.7. The van der Waals surface area contributed by atoms with Crippen molar-refractivity contribution in [3.8, 4) is 5.75 Å². The van der Waals surface area contributed by atoms with Gasteiger partial charge in [-0.25, -0.2) is 0 Å². The molecule has 1 unspecified atom stereocenters. The summed E-state index contributed by atoms with van der Waals surface area (Å²) >= 11 is 0. The molecule has 2 aromatic carbocycles. The Bertz CT molecular complexity index is 1140. The highest BCUT2D eigenvalue weighted by Gasteiger charge is 2.27. The number of fused-ring (bicyclic) bond motifs is 2. The van der Waals surface area contributed by atoms with Crippen LogP contribution in [-0.2, 0) is 0 Å². The highest BCUT2D eigenvalue weighted by molar-refractivity contribution is 5.91. The van der Waals surface area contributed by atoms with Gasteiger partial charge in [0.2, 0.25) is 0 Å². The summed E-state index contributed by atoms with van der Waals surface area (Å²) in [5.41, 5.74) is 5.66. The lowest BCUT2D eigenvalue weighted by Crippen LogP contribution is -2.32. The van der Waals surface area contributed by atoms with E-state index in [-0.39, 0.29) is 12.3 Å². The van der Waals surface area contributed by atoms with Crippen molar-refractivity contribution in [3.05, 3.63) is 96.5 Å². The van der Waals surface area contributed by atoms with Crippen molar-refractivity contribution in [2.75, 3.05) is 0 Å². The highest BCUT2D eigenvalue weighted by Crippen LogP contribution is 2.34. The van der Waals surface area contributed by atoms with E-state index in [0.29, 0.717) is 0 Å². The number of allylic oxidation sites excluding steroid dienone is 2. The van der Waals surface area contributed by atoms with E-state index in [9.17, 15) is 0 Å². The average Bonchev–Trinajstić information content (AvgIpc) is 3.16. The molecule has 144 valence electrons. The molecule has 3 heterocycles. The normalized spacial score (nSPS) is 17.8. The van der Waals surface area contributed by atoms with Gasteiger partial charge in [0.05, 0.1) is 17.3 Å². The van der Waals surface area contributed by atoms with Gasteiger partial charge in [-0.2, -0.15) is 0 Å². The van der Waals surface area contributed by atoms with Crippen LogP contribution in [0.1, 0.15) is 25.0 Å². The number of hydrogen-bond donors (Lipinski definition) is 1. The van der Waals surface area contributed by atoms with Crippen LogP contribution in [0, 0.1) is 0 Å². The molecular weight excluding hydrogens is 358 g/mol. The molecule has 1 N–H and O–H groups in total. The molecule has 0 fully saturated rings. The zero-order chi connectivity index (χ0) is 19.8. The Labute approximate surface area is 170 Å². The minimum Gasteiger partial charge on any atom is -0.491 e. The topological polar surface area (TPSA) is 37.4 Å². The Kier molecular flexibility index (Phi) is 4.32. The first-order valence-electron chi connectivity index (χ1n) is 9.95. The van der Waals surface area contributed by atoms with Gasteiger partial charge in [0.15, 0.2) is 0 Å². The van der Waals surface area contributed by atoms with Gasteiger partial charge in [0, 0.05) is 29.5 Å². The molecule has 5 rings (SSSR count). The summed E-state index contributed by atoms with van der Waals surface area (Å²) in [7, 11) is 0. The molecule has 0 saturated heterocycles. The number of rotatable bonds is 4. The molecule has 4 heteroatoms. The van der Waals surface area contributed by atoms with Gasteiger partial charge < -0.3 is 15.0 Å². The number of aromatic nitrogens is 1. The lowest BCUT2D eigenvalue weighted by atomic mass is 10.0. The molecule has 4 nitrogen and oxygen atoms in total. The van der Waals surface area contributed by atoms with E-state index in [1.165, 1.54) is 11.1 Å². The minimum absolute atomic E-state index is 0.0931. The average molecular weight is 381 g/mol. The van der Waals surface area contributed by atoms with Crippen molar-refractivity contribution in [2.45, 2.75) is 26.1 Å². The van der Waals surface area contributed by atoms with Gasteiger partial charge in [-0.15, -0.1) is 0 Å². The number of benzene rings is 2. The summed E-state index contributed by atoms with van der Waals surface area (Å²) < 4.78 is 5.75. The Morgan fingerprint density at radius 1 is 1.03 bits per heavy atom. The van der Waals surface area contributed by atoms with Crippen LogP contribution in [0.4, 0.5) is 0 Å². The standard InChI is InChI=1S/C25H23N3O/c1-17(2)29-21-10-8-18(9-11-21)20-12-14-28-23(16-27-24(28)15-20)22-7-3-5-19-6-4-13-26-25(19)22/h3-17,24,27H,1-2H3. The van der Waals surface area contributed by atoms with Gasteiger partial charge >= 0.3 is 0 Å². The quantitative estimate of drug-likeness (QED) is 0.677. The van der Waals surface area contributed by atoms with Gasteiger partial charge in [-0.1, -0.05) is 36.4 Å². The van der Waals surface area contributed by atoms with Crippen LogP contribution in [0.5, 0.6) is 5.75 Å². The first kappa shape index (κ1) is 17.6. The van der Waals surface area contributed by atoms with Crippen molar-refractivity contribution < 1.29 is 4.74 Å². The van der Waals surface area contributed by atoms with Crippen molar-refractivity contribution in [3.63, 3.8) is 0 Å². The first-order chi connectivity index (χ1) is 14.2. The van der Waals surface area contributed by atoms with E-state index >= 15 is 0 Å². The van der Waals surface area contributed by atoms with Crippen molar-refractivity contribution >= 4 is 22.2 Å². The van der Waals surface area contributed by atoms with Gasteiger partial charge in [-0.05, 0) is 55.3 Å². The fourth-order valence-electron chi connectivity index (χ4n) is 3.87. The van der Waals surface area contributed by atoms with Gasteiger partial charge in [-0.3, -0.25) is 4.98 Å². The van der Waals surface area contributed by atoms with E-state index in [0.717, 1.165) is 27.9 Å². The molecule has 2 aliphatic rings. The Morgan fingerprint density at radius 2 is 1.86 bits per heavy atom. The number of ether oxygens (including phenoxy) is 1. The van der Waals surface area contributed by atoms with Crippen LogP contribution in [0.2, 0.25) is 0 Å². The van der Waals surface area contributed by atoms with Crippen LogP contribution in [0.15, 0.2) is 85.3 Å². The maximum Gasteiger partial charge on any atom is 0.123 e. The number of nitrogens with zero attached hydrogens (tertiary/aromatic N) is 2. The number of nitrogens with one attached hydrogen (secondary N) is 1. The number of para-hydroxylation sites is 1. The monoisotopic (exact) mass is 381 g/mol. The zero-order valence-corrected chi connectivity index (χ0v) is 16.5. The Balaban J connectivity index is 1.40. The maximum absolute atomic E-state index is 5.75. The SMILES string of the molecule is CC(C)Oc1ccc(C2=CC3NC=C(c4cccc5cccnc45)N3C=C2)cc1. The van der Waals surface area contributed by atoms with E-state index < -0.39 is 0 Å². The fraction of sp³-hybridized carbons (Fsp3) is 0.160. The van der Waals surface area contributed by atoms with Crippen LogP contribution in [0.3, 0.4) is 0 Å². The van der Waals surface area contributed by atoms with Gasteiger partial charge in [0.25, 0.3) is 0 Å². The molecule has 3 aromatic rings. The summed E-state index contributed by atoms with van der Waals surface area (Å²) in [5.74, 6) is 0.900. The summed E-state index contributed by atoms with van der Waals surface area (Å²) in [6.07, 6.45) is 10.8. The van der Waals surface area contributed by atoms with Crippen molar-refractivity contribution in [2.24, 2.45) is 0 Å². The smallest absolute Gasteiger partial charge is 0.123 e. The van der Waals surface area contributed by atoms with Gasteiger partial charge in [0.1, 0.15) is 11.9 Å². The van der Waals surface area contributed by atoms with Crippen LogP contribution in [0.25, 0.3) is 22.2 Å². The molecule has 1 atom stereocenters. The molecule has 0 bridgehead atoms. The van der Waals surface area contributed by atoms with E-state index in [1.807, 2.05) is 38.2 Å². The van der Waals surface area contributed by atoms with Crippen molar-refractivity contribution in [1.82, 2.24) is 15.2 Å². The maximum atomic E-state index is 5.75. The summed E-state index contributed by atoms with van der Waals surface area (Å²) in [6.45, 7) is 4.08. The fourth-order valence-corrected chi connectivity index (χ4v) is 3.87. The van der Waals surface area contributed by atoms with E-state index in [2.05, 4.69) is 76.2 Å².